The van der Waals surface area contributed by atoms with Crippen molar-refractivity contribution in [1.82, 2.24) is 0 Å². The van der Waals surface area contributed by atoms with Gasteiger partial charge in [0.25, 0.3) is 0 Å². The average Bonchev–Trinajstić information content (AvgIpc) is 2.94. The molecule has 11 atom stereocenters. The molecule has 8 N–H and O–H groups in total. The van der Waals surface area contributed by atoms with Gasteiger partial charge in [-0.1, -0.05) is 12.1 Å². The van der Waals surface area contributed by atoms with Crippen LogP contribution >= 0.6 is 0 Å². The van der Waals surface area contributed by atoms with Crippen molar-refractivity contribution in [2.24, 2.45) is 0 Å². The fraction of sp³-hybridized carbons (Fsp3) is 0.519. The number of hydrogen-bond acceptors (Lipinski definition) is 14. The first-order valence-electron chi connectivity index (χ1n) is 13.0. The molecular formula is C27H32O14. The van der Waals surface area contributed by atoms with E-state index in [1.807, 2.05) is 0 Å². The summed E-state index contributed by atoms with van der Waals surface area (Å²) in [7, 11) is 0. The second-order valence-corrected chi connectivity index (χ2v) is 10.2. The van der Waals surface area contributed by atoms with Gasteiger partial charge in [0.1, 0.15) is 71.3 Å². The minimum atomic E-state index is -1.75. The summed E-state index contributed by atoms with van der Waals surface area (Å²) in [5, 5.41) is 81.6. The van der Waals surface area contributed by atoms with Gasteiger partial charge in [-0.3, -0.25) is 4.79 Å². The average molecular weight is 581 g/mol. The van der Waals surface area contributed by atoms with Crippen LogP contribution in [0, 0.1) is 0 Å². The van der Waals surface area contributed by atoms with Crippen molar-refractivity contribution in [3.05, 3.63) is 47.5 Å². The lowest BCUT2D eigenvalue weighted by molar-refractivity contribution is -0.354. The molecule has 2 fully saturated rings. The molecule has 0 radical (unpaired) electrons. The summed E-state index contributed by atoms with van der Waals surface area (Å²) in [4.78, 5) is 12.9. The molecule has 5 rings (SSSR count). The SMILES string of the molecule is C[C@H]1O[C@@H](O[C@@H]2[C@@H](Oc3cc(O)c4c(c3)O[C@H](c3ccc(O)cc3)CC4=O)O[C@@H](CO)[C@H](O)[C@H]2O)[C@H](O)[C@@H](O)[C@@H]1O. The molecule has 2 aromatic rings. The predicted octanol–water partition coefficient (Wildman–Crippen LogP) is -1.17. The third-order valence-corrected chi connectivity index (χ3v) is 7.42. The van der Waals surface area contributed by atoms with E-state index in [1.165, 1.54) is 25.1 Å². The molecule has 0 aromatic heterocycles. The van der Waals surface area contributed by atoms with Gasteiger partial charge in [0, 0.05) is 12.1 Å². The summed E-state index contributed by atoms with van der Waals surface area (Å²) >= 11 is 0. The third kappa shape index (κ3) is 5.70. The minimum absolute atomic E-state index is 0.0149. The molecule has 3 heterocycles. The maximum Gasteiger partial charge on any atom is 0.229 e. The van der Waals surface area contributed by atoms with Crippen molar-refractivity contribution in [2.45, 2.75) is 80.9 Å². The topological polar surface area (TPSA) is 225 Å². The highest BCUT2D eigenvalue weighted by atomic mass is 16.8. The molecule has 224 valence electrons. The number of carbonyl (C=O) groups excluding carboxylic acids is 1. The molecule has 0 unspecified atom stereocenters. The van der Waals surface area contributed by atoms with Gasteiger partial charge in [-0.2, -0.15) is 0 Å². The van der Waals surface area contributed by atoms with Crippen molar-refractivity contribution in [1.29, 1.82) is 0 Å². The van der Waals surface area contributed by atoms with Crippen LogP contribution in [0.15, 0.2) is 36.4 Å². The molecule has 0 bridgehead atoms. The van der Waals surface area contributed by atoms with E-state index in [1.54, 1.807) is 12.1 Å². The van der Waals surface area contributed by atoms with Crippen LogP contribution < -0.4 is 9.47 Å². The Morgan fingerprint density at radius 2 is 1.59 bits per heavy atom. The standard InChI is InChI=1S/C27H32O14/c1-10-20(32)22(34)24(36)26(37-10)41-25-23(35)21(33)18(9-28)40-27(25)38-13-6-14(30)19-15(31)8-16(39-17(19)7-13)11-2-4-12(29)5-3-11/h2-7,10,16,18,20-30,32-36H,8-9H2,1H3/t10-,16+,18+,20-,21+,22+,23-,24-,25+,26+,27+/m1/s1. The number of hydrogen-bond donors (Lipinski definition) is 8. The van der Waals surface area contributed by atoms with E-state index in [0.29, 0.717) is 5.56 Å². The van der Waals surface area contributed by atoms with Crippen LogP contribution in [-0.2, 0) is 14.2 Å². The maximum atomic E-state index is 12.9. The zero-order valence-electron chi connectivity index (χ0n) is 21.8. The number of ether oxygens (including phenoxy) is 5. The molecule has 2 aromatic carbocycles. The number of carbonyl (C=O) groups is 1. The van der Waals surface area contributed by atoms with Crippen LogP contribution in [0.1, 0.15) is 35.4 Å². The van der Waals surface area contributed by atoms with E-state index in [9.17, 15) is 45.6 Å². The second kappa shape index (κ2) is 11.7. The molecular weight excluding hydrogens is 548 g/mol. The van der Waals surface area contributed by atoms with Crippen molar-refractivity contribution < 1.29 is 69.3 Å². The summed E-state index contributed by atoms with van der Waals surface area (Å²) < 4.78 is 28.6. The highest BCUT2D eigenvalue weighted by molar-refractivity contribution is 6.02. The van der Waals surface area contributed by atoms with E-state index in [-0.39, 0.29) is 29.2 Å². The van der Waals surface area contributed by atoms with E-state index >= 15 is 0 Å². The van der Waals surface area contributed by atoms with Gasteiger partial charge < -0.3 is 64.5 Å². The maximum absolute atomic E-state index is 12.9. The number of aromatic hydroxyl groups is 2. The van der Waals surface area contributed by atoms with Gasteiger partial charge >= 0.3 is 0 Å². The zero-order chi connectivity index (χ0) is 29.6. The highest BCUT2D eigenvalue weighted by Gasteiger charge is 2.51. The molecule has 3 aliphatic rings. The van der Waals surface area contributed by atoms with Gasteiger partial charge in [-0.05, 0) is 24.6 Å². The Labute approximate surface area is 233 Å². The van der Waals surface area contributed by atoms with E-state index in [0.717, 1.165) is 6.07 Å². The Hall–Kier alpha value is -3.05. The van der Waals surface area contributed by atoms with Gasteiger partial charge in [-0.25, -0.2) is 0 Å². The Morgan fingerprint density at radius 3 is 2.27 bits per heavy atom. The molecule has 3 aliphatic heterocycles. The van der Waals surface area contributed by atoms with Crippen molar-refractivity contribution >= 4 is 5.78 Å². The van der Waals surface area contributed by atoms with Crippen molar-refractivity contribution in [3.8, 4) is 23.0 Å². The monoisotopic (exact) mass is 580 g/mol. The van der Waals surface area contributed by atoms with E-state index in [4.69, 9.17) is 23.7 Å². The molecule has 0 saturated carbocycles. The third-order valence-electron chi connectivity index (χ3n) is 7.42. The van der Waals surface area contributed by atoms with Crippen molar-refractivity contribution in [3.63, 3.8) is 0 Å². The smallest absolute Gasteiger partial charge is 0.229 e. The van der Waals surface area contributed by atoms with Crippen LogP contribution in [0.3, 0.4) is 0 Å². The Bertz CT molecular complexity index is 1240. The first-order chi connectivity index (χ1) is 19.5. The van der Waals surface area contributed by atoms with E-state index in [2.05, 4.69) is 0 Å². The number of aliphatic hydroxyl groups excluding tert-OH is 6. The number of fused-ring (bicyclic) bond motifs is 1. The van der Waals surface area contributed by atoms with Crippen LogP contribution in [0.25, 0.3) is 0 Å². The van der Waals surface area contributed by atoms with Crippen LogP contribution in [0.5, 0.6) is 23.0 Å². The normalized spacial score (nSPS) is 37.2. The zero-order valence-corrected chi connectivity index (χ0v) is 21.8. The van der Waals surface area contributed by atoms with Crippen LogP contribution in [0.4, 0.5) is 0 Å². The lowest BCUT2D eigenvalue weighted by atomic mass is 9.95. The number of rotatable bonds is 6. The molecule has 0 spiro atoms. The summed E-state index contributed by atoms with van der Waals surface area (Å²) in [6, 6.07) is 8.50. The summed E-state index contributed by atoms with van der Waals surface area (Å²) in [6.07, 6.45) is -16.0. The van der Waals surface area contributed by atoms with Gasteiger partial charge in [0.15, 0.2) is 18.2 Å². The molecule has 14 nitrogen and oxygen atoms in total. The van der Waals surface area contributed by atoms with Crippen LogP contribution in [0.2, 0.25) is 0 Å². The fourth-order valence-electron chi connectivity index (χ4n) is 5.07. The quantitative estimate of drug-likeness (QED) is 0.202. The number of phenolic OH excluding ortho intramolecular Hbond substituents is 2. The van der Waals surface area contributed by atoms with Gasteiger partial charge in [-0.15, -0.1) is 0 Å². The summed E-state index contributed by atoms with van der Waals surface area (Å²) in [5.41, 5.74) is 0.529. The fourth-order valence-corrected chi connectivity index (χ4v) is 5.07. The summed E-state index contributed by atoms with van der Waals surface area (Å²) in [5.74, 6) is -0.947. The number of ketones is 1. The minimum Gasteiger partial charge on any atom is -0.508 e. The Morgan fingerprint density at radius 1 is 0.878 bits per heavy atom. The lowest BCUT2D eigenvalue weighted by Gasteiger charge is -2.45. The first-order valence-corrected chi connectivity index (χ1v) is 13.0. The number of Topliss-reactive ketones (excluding diaryl/α,β-unsaturated/α-hetero) is 1. The first kappa shape index (κ1) is 29.4. The molecule has 0 aliphatic carbocycles. The molecule has 2 saturated heterocycles. The lowest BCUT2D eigenvalue weighted by Crippen LogP contribution is -2.64. The second-order valence-electron chi connectivity index (χ2n) is 10.2. The van der Waals surface area contributed by atoms with E-state index < -0.39 is 85.7 Å². The van der Waals surface area contributed by atoms with Gasteiger partial charge in [0.2, 0.25) is 6.29 Å². The largest absolute Gasteiger partial charge is 0.508 e. The highest BCUT2D eigenvalue weighted by Crippen LogP contribution is 2.43. The van der Waals surface area contributed by atoms with Gasteiger partial charge in [0.05, 0.1) is 19.1 Å². The predicted molar refractivity (Wildman–Crippen MR) is 134 cm³/mol. The summed E-state index contributed by atoms with van der Waals surface area (Å²) in [6.45, 7) is 0.716. The number of benzene rings is 2. The number of aliphatic hydroxyl groups is 6. The number of phenols is 2. The molecule has 41 heavy (non-hydrogen) atoms. The van der Waals surface area contributed by atoms with Crippen molar-refractivity contribution in [2.75, 3.05) is 6.61 Å². The molecule has 0 amide bonds. The Balaban J connectivity index is 1.41. The Kier molecular flexibility index (Phi) is 8.39. The molecule has 14 heteroatoms. The van der Waals surface area contributed by atoms with Crippen LogP contribution in [-0.4, -0.2) is 115 Å².